The maximum Gasteiger partial charge on any atom is 0.251 e. The average Bonchev–Trinajstić information content (AvgIpc) is 2.54. The zero-order valence-corrected chi connectivity index (χ0v) is 16.1. The molecule has 1 aromatic rings. The molecule has 0 radical (unpaired) electrons. The van der Waals surface area contributed by atoms with Gasteiger partial charge in [-0.05, 0) is 45.0 Å². The number of hydrogen-bond donors (Lipinski definition) is 2. The van der Waals surface area contributed by atoms with E-state index < -0.39 is 10.0 Å². The van der Waals surface area contributed by atoms with Crippen LogP contribution in [0, 0.1) is 0 Å². The minimum Gasteiger partial charge on any atom is -0.373 e. The number of benzene rings is 1. The lowest BCUT2D eigenvalue weighted by Gasteiger charge is -2.34. The number of carbonyl (C=O) groups is 1. The van der Waals surface area contributed by atoms with Crippen molar-refractivity contribution in [2.24, 2.45) is 5.73 Å². The number of nitrogens with zero attached hydrogens (tertiary/aromatic N) is 1. The third kappa shape index (κ3) is 5.65. The summed E-state index contributed by atoms with van der Waals surface area (Å²) < 4.78 is 32.7. The van der Waals surface area contributed by atoms with E-state index in [1.54, 1.807) is 12.1 Å². The summed E-state index contributed by atoms with van der Waals surface area (Å²) in [4.78, 5) is 12.2. The van der Waals surface area contributed by atoms with Gasteiger partial charge in [-0.3, -0.25) is 4.79 Å². The summed E-state index contributed by atoms with van der Waals surface area (Å²) in [6.07, 6.45) is 0.352. The molecule has 1 saturated heterocycles. The Hall–Kier alpha value is -1.19. The van der Waals surface area contributed by atoms with Gasteiger partial charge in [0.25, 0.3) is 5.91 Å². The molecule has 3 N–H and O–H groups in total. The predicted molar refractivity (Wildman–Crippen MR) is 98.5 cm³/mol. The zero-order valence-electron chi connectivity index (χ0n) is 14.5. The molecule has 0 bridgehead atoms. The molecule has 25 heavy (non-hydrogen) atoms. The maximum absolute atomic E-state index is 12.8. The molecule has 142 valence electrons. The molecular formula is C16H26ClN3O4S. The number of amides is 1. The van der Waals surface area contributed by atoms with Gasteiger partial charge in [-0.1, -0.05) is 6.07 Å². The fourth-order valence-corrected chi connectivity index (χ4v) is 4.32. The predicted octanol–water partition coefficient (Wildman–Crippen LogP) is 0.985. The highest BCUT2D eigenvalue weighted by atomic mass is 35.5. The van der Waals surface area contributed by atoms with E-state index >= 15 is 0 Å². The standard InChI is InChI=1S/C16H25N3O4S.ClH/c1-12-10-19(11-13(2)23-12)24(21,22)15-6-3-5-14(9-15)16(20)18-8-4-7-17;/h3,5-6,9,12-13H,4,7-8,10-11,17H2,1-2H3,(H,18,20);1H. The number of nitrogens with one attached hydrogen (secondary N) is 1. The van der Waals surface area contributed by atoms with Crippen molar-refractivity contribution in [1.29, 1.82) is 0 Å². The quantitative estimate of drug-likeness (QED) is 0.704. The highest BCUT2D eigenvalue weighted by Gasteiger charge is 2.32. The smallest absolute Gasteiger partial charge is 0.251 e. The molecule has 0 aliphatic carbocycles. The number of carbonyl (C=O) groups excluding carboxylic acids is 1. The lowest BCUT2D eigenvalue weighted by Crippen LogP contribution is -2.48. The van der Waals surface area contributed by atoms with Crippen LogP contribution >= 0.6 is 12.4 Å². The molecule has 2 unspecified atom stereocenters. The van der Waals surface area contributed by atoms with Crippen molar-refractivity contribution < 1.29 is 17.9 Å². The normalized spacial score (nSPS) is 21.4. The van der Waals surface area contributed by atoms with E-state index in [4.69, 9.17) is 10.5 Å². The summed E-state index contributed by atoms with van der Waals surface area (Å²) in [5.74, 6) is -0.302. The average molecular weight is 392 g/mol. The summed E-state index contributed by atoms with van der Waals surface area (Å²) in [6, 6.07) is 6.11. The van der Waals surface area contributed by atoms with Crippen LogP contribution in [0.3, 0.4) is 0 Å². The topological polar surface area (TPSA) is 102 Å². The highest BCUT2D eigenvalue weighted by Crippen LogP contribution is 2.21. The fourth-order valence-electron chi connectivity index (χ4n) is 2.68. The van der Waals surface area contributed by atoms with Crippen LogP contribution in [0.25, 0.3) is 0 Å². The van der Waals surface area contributed by atoms with E-state index in [-0.39, 0.29) is 35.4 Å². The third-order valence-electron chi connectivity index (χ3n) is 3.79. The molecular weight excluding hydrogens is 366 g/mol. The van der Waals surface area contributed by atoms with Crippen LogP contribution in [0.15, 0.2) is 29.2 Å². The van der Waals surface area contributed by atoms with Crippen LogP contribution in [0.4, 0.5) is 0 Å². The summed E-state index contributed by atoms with van der Waals surface area (Å²) in [6.45, 7) is 5.26. The second-order valence-electron chi connectivity index (χ2n) is 6.01. The molecule has 0 saturated carbocycles. The van der Waals surface area contributed by atoms with Crippen LogP contribution in [0.1, 0.15) is 30.6 Å². The van der Waals surface area contributed by atoms with Gasteiger partial charge in [0.05, 0.1) is 17.1 Å². The van der Waals surface area contributed by atoms with Gasteiger partial charge in [0.15, 0.2) is 0 Å². The van der Waals surface area contributed by atoms with Crippen molar-refractivity contribution >= 4 is 28.3 Å². The number of hydrogen-bond acceptors (Lipinski definition) is 5. The van der Waals surface area contributed by atoms with Crippen molar-refractivity contribution in [3.05, 3.63) is 29.8 Å². The molecule has 2 rings (SSSR count). The number of morpholine rings is 1. The lowest BCUT2D eigenvalue weighted by molar-refractivity contribution is -0.0440. The number of ether oxygens (including phenoxy) is 1. The maximum atomic E-state index is 12.8. The van der Waals surface area contributed by atoms with Crippen molar-refractivity contribution in [2.45, 2.75) is 37.4 Å². The van der Waals surface area contributed by atoms with Crippen molar-refractivity contribution in [2.75, 3.05) is 26.2 Å². The minimum atomic E-state index is -3.66. The van der Waals surface area contributed by atoms with Crippen LogP contribution < -0.4 is 11.1 Å². The van der Waals surface area contributed by atoms with E-state index in [2.05, 4.69) is 5.32 Å². The molecule has 1 aromatic carbocycles. The van der Waals surface area contributed by atoms with Crippen molar-refractivity contribution in [3.63, 3.8) is 0 Å². The van der Waals surface area contributed by atoms with Crippen LogP contribution in [-0.4, -0.2) is 57.0 Å². The van der Waals surface area contributed by atoms with Crippen LogP contribution in [-0.2, 0) is 14.8 Å². The number of nitrogens with two attached hydrogens (primary N) is 1. The first-order valence-electron chi connectivity index (χ1n) is 8.08. The Kier molecular flexibility index (Phi) is 8.30. The Morgan fingerprint density at radius 1 is 1.32 bits per heavy atom. The van der Waals surface area contributed by atoms with Crippen LogP contribution in [0.2, 0.25) is 0 Å². The van der Waals surface area contributed by atoms with Crippen molar-refractivity contribution in [1.82, 2.24) is 9.62 Å². The van der Waals surface area contributed by atoms with E-state index in [9.17, 15) is 13.2 Å². The molecule has 1 amide bonds. The summed E-state index contributed by atoms with van der Waals surface area (Å²) in [7, 11) is -3.66. The van der Waals surface area contributed by atoms with E-state index in [0.29, 0.717) is 38.2 Å². The lowest BCUT2D eigenvalue weighted by atomic mass is 10.2. The molecule has 0 aromatic heterocycles. The Labute approximate surface area is 155 Å². The minimum absolute atomic E-state index is 0. The fraction of sp³-hybridized carbons (Fsp3) is 0.562. The first-order valence-corrected chi connectivity index (χ1v) is 9.52. The van der Waals surface area contributed by atoms with Gasteiger partial charge in [0, 0.05) is 25.2 Å². The van der Waals surface area contributed by atoms with Gasteiger partial charge in [-0.25, -0.2) is 8.42 Å². The molecule has 1 heterocycles. The van der Waals surface area contributed by atoms with Gasteiger partial charge < -0.3 is 15.8 Å². The first kappa shape index (κ1) is 21.9. The van der Waals surface area contributed by atoms with Crippen LogP contribution in [0.5, 0.6) is 0 Å². The number of rotatable bonds is 6. The largest absolute Gasteiger partial charge is 0.373 e. The molecule has 2 atom stereocenters. The molecule has 7 nitrogen and oxygen atoms in total. The van der Waals surface area contributed by atoms with E-state index in [1.165, 1.54) is 16.4 Å². The molecule has 9 heteroatoms. The second kappa shape index (κ2) is 9.49. The second-order valence-corrected chi connectivity index (χ2v) is 7.94. The summed E-state index contributed by atoms with van der Waals surface area (Å²) in [5.41, 5.74) is 5.71. The van der Waals surface area contributed by atoms with E-state index in [0.717, 1.165) is 0 Å². The van der Waals surface area contributed by atoms with E-state index in [1.807, 2.05) is 13.8 Å². The van der Waals surface area contributed by atoms with Gasteiger partial charge >= 0.3 is 0 Å². The SMILES string of the molecule is CC1CN(S(=O)(=O)c2cccc(C(=O)NCCCN)c2)CC(C)O1.Cl. The van der Waals surface area contributed by atoms with Gasteiger partial charge in [-0.2, -0.15) is 4.31 Å². The molecule has 1 aliphatic rings. The van der Waals surface area contributed by atoms with Crippen molar-refractivity contribution in [3.8, 4) is 0 Å². The monoisotopic (exact) mass is 391 g/mol. The molecule has 0 spiro atoms. The third-order valence-corrected chi connectivity index (χ3v) is 5.61. The zero-order chi connectivity index (χ0) is 17.7. The Morgan fingerprint density at radius 3 is 2.56 bits per heavy atom. The Bertz CT molecular complexity index is 674. The molecule has 1 fully saturated rings. The highest BCUT2D eigenvalue weighted by molar-refractivity contribution is 7.89. The Morgan fingerprint density at radius 2 is 1.96 bits per heavy atom. The first-order chi connectivity index (χ1) is 11.3. The number of sulfonamides is 1. The number of halogens is 1. The van der Waals surface area contributed by atoms with Gasteiger partial charge in [0.2, 0.25) is 10.0 Å². The van der Waals surface area contributed by atoms with Gasteiger partial charge in [0.1, 0.15) is 0 Å². The summed E-state index contributed by atoms with van der Waals surface area (Å²) >= 11 is 0. The Balaban J connectivity index is 0.00000312. The summed E-state index contributed by atoms with van der Waals surface area (Å²) in [5, 5.41) is 2.72. The van der Waals surface area contributed by atoms with Gasteiger partial charge in [-0.15, -0.1) is 12.4 Å². The molecule has 1 aliphatic heterocycles.